The molecule has 0 saturated heterocycles. The molecule has 0 aliphatic heterocycles. The minimum absolute atomic E-state index is 0.239. The lowest BCUT2D eigenvalue weighted by Gasteiger charge is -2.17. The van der Waals surface area contributed by atoms with Gasteiger partial charge in [-0.05, 0) is 50.1 Å². The Morgan fingerprint density at radius 1 is 1.26 bits per heavy atom. The predicted molar refractivity (Wildman–Crippen MR) is 114 cm³/mol. The number of fused-ring (bicyclic) bond motifs is 1. The summed E-state index contributed by atoms with van der Waals surface area (Å²) < 4.78 is 33.5. The molecule has 1 atom stereocenters. The van der Waals surface area contributed by atoms with Crippen LogP contribution in [0.25, 0.3) is 11.0 Å². The fourth-order valence-corrected chi connectivity index (χ4v) is 3.21. The van der Waals surface area contributed by atoms with Crippen LogP contribution in [0.4, 0.5) is 19.3 Å². The van der Waals surface area contributed by atoms with Crippen LogP contribution in [0.5, 0.6) is 5.75 Å². The number of hydrogen-bond acceptors (Lipinski definition) is 5. The minimum atomic E-state index is -1.21. The number of pyridine rings is 2. The first kappa shape index (κ1) is 22.5. The molecule has 7 nitrogen and oxygen atoms in total. The smallest absolute Gasteiger partial charge is 0.405 e. The fraction of sp³-hybridized carbons (Fsp3) is 0.286. The number of ether oxygens (including phenoxy) is 1. The van der Waals surface area contributed by atoms with Gasteiger partial charge in [0.15, 0.2) is 5.82 Å². The first-order valence-corrected chi connectivity index (χ1v) is 9.99. The molecule has 0 aliphatic carbocycles. The van der Waals surface area contributed by atoms with Crippen LogP contribution in [0.3, 0.4) is 0 Å². The molecule has 10 heteroatoms. The van der Waals surface area contributed by atoms with E-state index in [0.29, 0.717) is 48.3 Å². The van der Waals surface area contributed by atoms with Crippen LogP contribution in [-0.2, 0) is 0 Å². The standard InChI is InChI=1S/C21H21ClF2N4O3/c1-12(27-21(29)30)14-10-13(23)4-6-17(14)31-9-3-2-8-25-19-15(24)11-26-16-5-7-18(22)28-20(16)19/h4-7,10-12,27H,2-3,8-9H2,1H3,(H,25,26)(H,29,30)/t12-/m1/s1. The molecule has 0 radical (unpaired) electrons. The molecule has 3 N–H and O–H groups in total. The Bertz CT molecular complexity index is 1080. The highest BCUT2D eigenvalue weighted by molar-refractivity contribution is 6.29. The number of halogens is 3. The van der Waals surface area contributed by atoms with Crippen LogP contribution < -0.4 is 15.4 Å². The molecule has 0 spiro atoms. The molecular weight excluding hydrogens is 430 g/mol. The summed E-state index contributed by atoms with van der Waals surface area (Å²) in [6.45, 7) is 2.39. The van der Waals surface area contributed by atoms with E-state index in [1.807, 2.05) is 0 Å². The molecule has 31 heavy (non-hydrogen) atoms. The number of amides is 1. The van der Waals surface area contributed by atoms with Crippen molar-refractivity contribution in [3.63, 3.8) is 0 Å². The van der Waals surface area contributed by atoms with Crippen molar-refractivity contribution in [1.82, 2.24) is 15.3 Å². The molecule has 0 bridgehead atoms. The van der Waals surface area contributed by atoms with Crippen molar-refractivity contribution in [1.29, 1.82) is 0 Å². The van der Waals surface area contributed by atoms with E-state index in [1.54, 1.807) is 19.1 Å². The van der Waals surface area contributed by atoms with Gasteiger partial charge < -0.3 is 20.5 Å². The van der Waals surface area contributed by atoms with Crippen molar-refractivity contribution < 1.29 is 23.4 Å². The van der Waals surface area contributed by atoms with Gasteiger partial charge in [-0.3, -0.25) is 4.98 Å². The Morgan fingerprint density at radius 3 is 2.84 bits per heavy atom. The van der Waals surface area contributed by atoms with E-state index in [9.17, 15) is 13.6 Å². The number of benzene rings is 1. The summed E-state index contributed by atoms with van der Waals surface area (Å²) in [4.78, 5) is 19.0. The summed E-state index contributed by atoms with van der Waals surface area (Å²) in [5.41, 5.74) is 1.54. The first-order valence-electron chi connectivity index (χ1n) is 9.61. The van der Waals surface area contributed by atoms with Gasteiger partial charge in [0.1, 0.15) is 27.9 Å². The second kappa shape index (κ2) is 10.2. The Balaban J connectivity index is 1.54. The number of rotatable bonds is 9. The Labute approximate surface area is 182 Å². The lowest BCUT2D eigenvalue weighted by atomic mass is 10.1. The topological polar surface area (TPSA) is 96.4 Å². The van der Waals surface area contributed by atoms with Gasteiger partial charge in [0.2, 0.25) is 0 Å². The van der Waals surface area contributed by atoms with E-state index >= 15 is 0 Å². The zero-order valence-corrected chi connectivity index (χ0v) is 17.4. The third kappa shape index (κ3) is 5.91. The van der Waals surface area contributed by atoms with Gasteiger partial charge in [-0.1, -0.05) is 11.6 Å². The van der Waals surface area contributed by atoms with Crippen molar-refractivity contribution in [2.75, 3.05) is 18.5 Å². The van der Waals surface area contributed by atoms with Crippen molar-refractivity contribution in [2.45, 2.75) is 25.8 Å². The van der Waals surface area contributed by atoms with E-state index in [-0.39, 0.29) is 10.8 Å². The van der Waals surface area contributed by atoms with E-state index in [2.05, 4.69) is 20.6 Å². The normalized spacial score (nSPS) is 11.9. The molecule has 0 aliphatic rings. The summed E-state index contributed by atoms with van der Waals surface area (Å²) >= 11 is 5.91. The highest BCUT2D eigenvalue weighted by Gasteiger charge is 2.15. The zero-order valence-electron chi connectivity index (χ0n) is 16.7. The molecule has 164 valence electrons. The summed E-state index contributed by atoms with van der Waals surface area (Å²) in [6, 6.07) is 6.59. The van der Waals surface area contributed by atoms with Gasteiger partial charge in [0.25, 0.3) is 0 Å². The van der Waals surface area contributed by atoms with Crippen LogP contribution >= 0.6 is 11.6 Å². The number of anilines is 1. The van der Waals surface area contributed by atoms with E-state index in [0.717, 1.165) is 6.20 Å². The number of aromatic nitrogens is 2. The van der Waals surface area contributed by atoms with Crippen LogP contribution in [-0.4, -0.2) is 34.3 Å². The van der Waals surface area contributed by atoms with Crippen molar-refractivity contribution >= 4 is 34.4 Å². The maximum absolute atomic E-state index is 14.2. The molecule has 2 heterocycles. The molecule has 1 amide bonds. The maximum atomic E-state index is 14.2. The number of carboxylic acid groups (broad SMARTS) is 1. The second-order valence-electron chi connectivity index (χ2n) is 6.82. The zero-order chi connectivity index (χ0) is 22.4. The highest BCUT2D eigenvalue weighted by Crippen LogP contribution is 2.27. The van der Waals surface area contributed by atoms with E-state index < -0.39 is 23.8 Å². The number of nitrogens with zero attached hydrogens (tertiary/aromatic N) is 2. The number of carbonyl (C=O) groups is 1. The Hall–Kier alpha value is -3.20. The third-order valence-electron chi connectivity index (χ3n) is 4.54. The van der Waals surface area contributed by atoms with Crippen LogP contribution in [0.15, 0.2) is 36.5 Å². The third-order valence-corrected chi connectivity index (χ3v) is 4.75. The predicted octanol–water partition coefficient (Wildman–Crippen LogP) is 5.16. The minimum Gasteiger partial charge on any atom is -0.493 e. The largest absolute Gasteiger partial charge is 0.493 e. The summed E-state index contributed by atoms with van der Waals surface area (Å²) in [5, 5.41) is 14.4. The van der Waals surface area contributed by atoms with Crippen molar-refractivity contribution in [2.24, 2.45) is 0 Å². The maximum Gasteiger partial charge on any atom is 0.405 e. The second-order valence-corrected chi connectivity index (χ2v) is 7.21. The van der Waals surface area contributed by atoms with Crippen LogP contribution in [0, 0.1) is 11.6 Å². The van der Waals surface area contributed by atoms with E-state index in [4.69, 9.17) is 21.4 Å². The van der Waals surface area contributed by atoms with Gasteiger partial charge in [-0.25, -0.2) is 18.6 Å². The average molecular weight is 451 g/mol. The molecular formula is C21H21ClF2N4O3. The summed E-state index contributed by atoms with van der Waals surface area (Å²) in [6.07, 6.45) is 1.21. The van der Waals surface area contributed by atoms with E-state index in [1.165, 1.54) is 18.2 Å². The number of unbranched alkanes of at least 4 members (excludes halogenated alkanes) is 1. The molecule has 3 rings (SSSR count). The van der Waals surface area contributed by atoms with Gasteiger partial charge in [0.05, 0.1) is 24.4 Å². The fourth-order valence-electron chi connectivity index (χ4n) is 3.06. The van der Waals surface area contributed by atoms with Crippen LogP contribution in [0.2, 0.25) is 5.15 Å². The lowest BCUT2D eigenvalue weighted by Crippen LogP contribution is -2.25. The lowest BCUT2D eigenvalue weighted by molar-refractivity contribution is 0.190. The monoisotopic (exact) mass is 450 g/mol. The molecule has 0 saturated carbocycles. The molecule has 0 unspecified atom stereocenters. The van der Waals surface area contributed by atoms with Gasteiger partial charge >= 0.3 is 6.09 Å². The molecule has 1 aromatic carbocycles. The summed E-state index contributed by atoms with van der Waals surface area (Å²) in [5.74, 6) is -0.596. The first-order chi connectivity index (χ1) is 14.8. The van der Waals surface area contributed by atoms with Gasteiger partial charge in [0, 0.05) is 12.1 Å². The summed E-state index contributed by atoms with van der Waals surface area (Å²) in [7, 11) is 0. The average Bonchev–Trinajstić information content (AvgIpc) is 2.72. The number of hydrogen-bond donors (Lipinski definition) is 3. The molecule has 2 aromatic heterocycles. The molecule has 3 aromatic rings. The van der Waals surface area contributed by atoms with Gasteiger partial charge in [-0.15, -0.1) is 0 Å². The Kier molecular flexibility index (Phi) is 7.41. The Morgan fingerprint density at radius 2 is 2.06 bits per heavy atom. The molecule has 0 fully saturated rings. The SMILES string of the molecule is C[C@@H](NC(=O)O)c1cc(F)ccc1OCCCCNc1c(F)cnc2ccc(Cl)nc12. The quantitative estimate of drug-likeness (QED) is 0.308. The highest BCUT2D eigenvalue weighted by atomic mass is 35.5. The van der Waals surface area contributed by atoms with Gasteiger partial charge in [-0.2, -0.15) is 0 Å². The van der Waals surface area contributed by atoms with Crippen LogP contribution in [0.1, 0.15) is 31.4 Å². The van der Waals surface area contributed by atoms with Crippen molar-refractivity contribution in [3.8, 4) is 5.75 Å². The van der Waals surface area contributed by atoms with Crippen molar-refractivity contribution in [3.05, 3.63) is 58.9 Å². The number of nitrogens with one attached hydrogen (secondary N) is 2.